The van der Waals surface area contributed by atoms with Crippen LogP contribution in [0.2, 0.25) is 0 Å². The number of Topliss-reactive ketones (excluding diaryl/α,β-unsaturated/α-hetero) is 1. The van der Waals surface area contributed by atoms with Crippen LogP contribution in [0.1, 0.15) is 34.1 Å². The topological polar surface area (TPSA) is 29.5 Å². The third kappa shape index (κ3) is 2.55. The van der Waals surface area contributed by atoms with Gasteiger partial charge in [0, 0.05) is 19.0 Å². The highest BCUT2D eigenvalue weighted by Crippen LogP contribution is 2.15. The summed E-state index contributed by atoms with van der Waals surface area (Å²) in [6.45, 7) is 9.71. The summed E-state index contributed by atoms with van der Waals surface area (Å²) < 4.78 is 5.53. The maximum atomic E-state index is 11.6. The standard InChI is InChI=1S/C11H21NO2/c1-5-11(13)10(4)12-6-9(3)14-7-8(12)2/h8-10H,5-7H2,1-4H3. The van der Waals surface area contributed by atoms with Gasteiger partial charge in [0.1, 0.15) is 5.78 Å². The van der Waals surface area contributed by atoms with Crippen molar-refractivity contribution in [2.75, 3.05) is 13.2 Å². The van der Waals surface area contributed by atoms with Gasteiger partial charge in [0.05, 0.1) is 18.8 Å². The van der Waals surface area contributed by atoms with Crippen LogP contribution in [0.15, 0.2) is 0 Å². The van der Waals surface area contributed by atoms with E-state index in [1.165, 1.54) is 0 Å². The van der Waals surface area contributed by atoms with E-state index in [1.54, 1.807) is 0 Å². The first-order valence-corrected chi connectivity index (χ1v) is 5.46. The van der Waals surface area contributed by atoms with Crippen LogP contribution in [-0.2, 0) is 9.53 Å². The predicted octanol–water partition coefficient (Wildman–Crippen LogP) is 1.46. The van der Waals surface area contributed by atoms with Crippen molar-refractivity contribution in [3.8, 4) is 0 Å². The Balaban J connectivity index is 2.59. The molecule has 0 saturated carbocycles. The van der Waals surface area contributed by atoms with Crippen LogP contribution in [0.5, 0.6) is 0 Å². The van der Waals surface area contributed by atoms with E-state index in [0.29, 0.717) is 18.2 Å². The molecule has 0 aromatic carbocycles. The lowest BCUT2D eigenvalue weighted by molar-refractivity contribution is -0.129. The molecule has 1 fully saturated rings. The summed E-state index contributed by atoms with van der Waals surface area (Å²) in [4.78, 5) is 13.8. The first kappa shape index (κ1) is 11.7. The number of morpholine rings is 1. The molecule has 0 aromatic heterocycles. The van der Waals surface area contributed by atoms with E-state index >= 15 is 0 Å². The lowest BCUT2D eigenvalue weighted by Gasteiger charge is -2.39. The number of nitrogens with zero attached hydrogens (tertiary/aromatic N) is 1. The Morgan fingerprint density at radius 1 is 1.57 bits per heavy atom. The van der Waals surface area contributed by atoms with Gasteiger partial charge in [-0.05, 0) is 20.8 Å². The maximum Gasteiger partial charge on any atom is 0.149 e. The number of ketones is 1. The molecule has 1 aliphatic rings. The van der Waals surface area contributed by atoms with Crippen LogP contribution in [0.3, 0.4) is 0 Å². The number of carbonyl (C=O) groups is 1. The van der Waals surface area contributed by atoms with Crippen LogP contribution >= 0.6 is 0 Å². The summed E-state index contributed by atoms with van der Waals surface area (Å²) in [5, 5.41) is 0. The highest BCUT2D eigenvalue weighted by molar-refractivity contribution is 5.83. The maximum absolute atomic E-state index is 11.6. The Hall–Kier alpha value is -0.410. The molecule has 1 heterocycles. The van der Waals surface area contributed by atoms with Crippen molar-refractivity contribution in [1.29, 1.82) is 0 Å². The van der Waals surface area contributed by atoms with Crippen LogP contribution in [0, 0.1) is 0 Å². The van der Waals surface area contributed by atoms with Crippen molar-refractivity contribution in [1.82, 2.24) is 4.90 Å². The van der Waals surface area contributed by atoms with Crippen LogP contribution < -0.4 is 0 Å². The average molecular weight is 199 g/mol. The summed E-state index contributed by atoms with van der Waals surface area (Å²) >= 11 is 0. The van der Waals surface area contributed by atoms with E-state index in [1.807, 2.05) is 13.8 Å². The molecule has 1 saturated heterocycles. The molecule has 0 aliphatic carbocycles. The number of carbonyl (C=O) groups excluding carboxylic acids is 1. The molecule has 0 bridgehead atoms. The zero-order valence-electron chi connectivity index (χ0n) is 9.62. The van der Waals surface area contributed by atoms with Crippen LogP contribution in [0.25, 0.3) is 0 Å². The fourth-order valence-corrected chi connectivity index (χ4v) is 1.95. The van der Waals surface area contributed by atoms with Crippen molar-refractivity contribution in [2.24, 2.45) is 0 Å². The molecule has 0 spiro atoms. The average Bonchev–Trinajstić information content (AvgIpc) is 2.19. The number of ether oxygens (including phenoxy) is 1. The molecule has 82 valence electrons. The van der Waals surface area contributed by atoms with Gasteiger partial charge in [0.15, 0.2) is 0 Å². The van der Waals surface area contributed by atoms with E-state index in [9.17, 15) is 4.79 Å². The molecule has 3 unspecified atom stereocenters. The van der Waals surface area contributed by atoms with E-state index in [4.69, 9.17) is 4.74 Å². The fourth-order valence-electron chi connectivity index (χ4n) is 1.95. The minimum absolute atomic E-state index is 0.0429. The molecule has 1 aliphatic heterocycles. The molecule has 3 heteroatoms. The number of hydrogen-bond acceptors (Lipinski definition) is 3. The van der Waals surface area contributed by atoms with Gasteiger partial charge in [0.25, 0.3) is 0 Å². The zero-order valence-corrected chi connectivity index (χ0v) is 9.62. The molecule has 3 nitrogen and oxygen atoms in total. The lowest BCUT2D eigenvalue weighted by atomic mass is 10.1. The van der Waals surface area contributed by atoms with Gasteiger partial charge in [-0.3, -0.25) is 9.69 Å². The van der Waals surface area contributed by atoms with E-state index in [2.05, 4.69) is 18.7 Å². The largest absolute Gasteiger partial charge is 0.376 e. The van der Waals surface area contributed by atoms with Gasteiger partial charge in [-0.1, -0.05) is 6.92 Å². The Bertz CT molecular complexity index is 205. The normalized spacial score (nSPS) is 31.4. The molecule has 0 radical (unpaired) electrons. The van der Waals surface area contributed by atoms with Crippen molar-refractivity contribution in [2.45, 2.75) is 52.3 Å². The van der Waals surface area contributed by atoms with E-state index in [-0.39, 0.29) is 12.1 Å². The third-order valence-corrected chi connectivity index (χ3v) is 2.97. The van der Waals surface area contributed by atoms with Gasteiger partial charge >= 0.3 is 0 Å². The molecular weight excluding hydrogens is 178 g/mol. The Kier molecular flexibility index (Phi) is 4.08. The Morgan fingerprint density at radius 3 is 2.79 bits per heavy atom. The molecular formula is C11H21NO2. The molecule has 3 atom stereocenters. The third-order valence-electron chi connectivity index (χ3n) is 2.97. The minimum atomic E-state index is 0.0429. The summed E-state index contributed by atoms with van der Waals surface area (Å²) in [6, 6.07) is 0.401. The predicted molar refractivity (Wildman–Crippen MR) is 56.3 cm³/mol. The first-order chi connectivity index (χ1) is 6.56. The van der Waals surface area contributed by atoms with Crippen LogP contribution in [0.4, 0.5) is 0 Å². The summed E-state index contributed by atoms with van der Waals surface area (Å²) in [5.41, 5.74) is 0. The highest BCUT2D eigenvalue weighted by Gasteiger charge is 2.29. The van der Waals surface area contributed by atoms with Crippen molar-refractivity contribution in [3.63, 3.8) is 0 Å². The Morgan fingerprint density at radius 2 is 2.21 bits per heavy atom. The minimum Gasteiger partial charge on any atom is -0.376 e. The van der Waals surface area contributed by atoms with Gasteiger partial charge in [-0.15, -0.1) is 0 Å². The van der Waals surface area contributed by atoms with E-state index in [0.717, 1.165) is 13.2 Å². The monoisotopic (exact) mass is 199 g/mol. The molecule has 0 aromatic rings. The lowest BCUT2D eigenvalue weighted by Crippen LogP contribution is -2.53. The van der Waals surface area contributed by atoms with Gasteiger partial charge in [-0.25, -0.2) is 0 Å². The zero-order chi connectivity index (χ0) is 10.7. The smallest absolute Gasteiger partial charge is 0.149 e. The number of hydrogen-bond donors (Lipinski definition) is 0. The van der Waals surface area contributed by atoms with Crippen LogP contribution in [-0.4, -0.2) is 42.0 Å². The summed E-state index contributed by atoms with van der Waals surface area (Å²) in [6.07, 6.45) is 0.873. The van der Waals surface area contributed by atoms with Crippen molar-refractivity contribution in [3.05, 3.63) is 0 Å². The van der Waals surface area contributed by atoms with Gasteiger partial charge in [0.2, 0.25) is 0 Å². The molecule has 1 rings (SSSR count). The SMILES string of the molecule is CCC(=O)C(C)N1CC(C)OCC1C. The highest BCUT2D eigenvalue weighted by atomic mass is 16.5. The van der Waals surface area contributed by atoms with Gasteiger partial charge < -0.3 is 4.74 Å². The van der Waals surface area contributed by atoms with E-state index < -0.39 is 0 Å². The van der Waals surface area contributed by atoms with Crippen molar-refractivity contribution >= 4 is 5.78 Å². The molecule has 0 amide bonds. The molecule has 14 heavy (non-hydrogen) atoms. The first-order valence-electron chi connectivity index (χ1n) is 5.46. The second-order valence-electron chi connectivity index (χ2n) is 4.19. The van der Waals surface area contributed by atoms with Crippen molar-refractivity contribution < 1.29 is 9.53 Å². The second kappa shape index (κ2) is 4.89. The summed E-state index contributed by atoms with van der Waals surface area (Å²) in [5.74, 6) is 0.325. The second-order valence-corrected chi connectivity index (χ2v) is 4.19. The Labute approximate surface area is 86.4 Å². The van der Waals surface area contributed by atoms with Gasteiger partial charge in [-0.2, -0.15) is 0 Å². The number of rotatable bonds is 3. The molecule has 0 N–H and O–H groups in total. The quantitative estimate of drug-likeness (QED) is 0.689. The fraction of sp³-hybridized carbons (Fsp3) is 0.909. The summed E-state index contributed by atoms with van der Waals surface area (Å²) in [7, 11) is 0.